The summed E-state index contributed by atoms with van der Waals surface area (Å²) in [7, 11) is 6.43. The van der Waals surface area contributed by atoms with Gasteiger partial charge in [0.25, 0.3) is 11.8 Å². The lowest BCUT2D eigenvalue weighted by Gasteiger charge is -2.19. The predicted octanol–water partition coefficient (Wildman–Crippen LogP) is 4.65. The maximum atomic E-state index is 13.4. The average molecular weight is 517 g/mol. The molecule has 0 saturated carbocycles. The first-order valence-corrected chi connectivity index (χ1v) is 12.0. The smallest absolute Gasteiger partial charge is 0.271 e. The first kappa shape index (κ1) is 25.5. The maximum absolute atomic E-state index is 13.4. The molecule has 0 aliphatic carbocycles. The summed E-state index contributed by atoms with van der Waals surface area (Å²) in [5.41, 5.74) is 2.15. The van der Waals surface area contributed by atoms with Gasteiger partial charge >= 0.3 is 0 Å². The summed E-state index contributed by atoms with van der Waals surface area (Å²) in [6.45, 7) is 0. The normalized spacial score (nSPS) is 11.3. The highest BCUT2D eigenvalue weighted by Crippen LogP contribution is 2.36. The number of rotatable bonds is 8. The number of thiazole rings is 1. The largest absolute Gasteiger partial charge is 0.493 e. The molecule has 10 heteroatoms. The summed E-state index contributed by atoms with van der Waals surface area (Å²) in [6.07, 6.45) is -1.05. The van der Waals surface area contributed by atoms with Crippen molar-refractivity contribution < 1.29 is 23.8 Å². The number of nitrogens with one attached hydrogen (secondary N) is 1. The summed E-state index contributed by atoms with van der Waals surface area (Å²) in [5, 5.41) is 12.3. The lowest BCUT2D eigenvalue weighted by Crippen LogP contribution is -2.26. The third-order valence-electron chi connectivity index (χ3n) is 5.47. The molecule has 0 aliphatic heterocycles. The lowest BCUT2D eigenvalue weighted by molar-refractivity contribution is -0.123. The van der Waals surface area contributed by atoms with Gasteiger partial charge in [-0.05, 0) is 36.4 Å². The molecule has 3 aromatic carbocycles. The number of fused-ring (bicyclic) bond motifs is 1. The fourth-order valence-electron chi connectivity index (χ4n) is 3.56. The highest BCUT2D eigenvalue weighted by Gasteiger charge is 2.25. The third-order valence-corrected chi connectivity index (χ3v) is 6.40. The maximum Gasteiger partial charge on any atom is 0.271 e. The lowest BCUT2D eigenvalue weighted by atomic mass is 10.1. The molecule has 0 radical (unpaired) electrons. The van der Waals surface area contributed by atoms with Gasteiger partial charge in [-0.3, -0.25) is 14.9 Å². The Labute approximate surface area is 217 Å². The summed E-state index contributed by atoms with van der Waals surface area (Å²) < 4.78 is 17.6. The van der Waals surface area contributed by atoms with E-state index in [0.717, 1.165) is 4.70 Å². The first-order chi connectivity index (χ1) is 17.8. The van der Waals surface area contributed by atoms with Crippen LogP contribution in [0.15, 0.2) is 60.7 Å². The van der Waals surface area contributed by atoms with Crippen LogP contribution in [-0.2, 0) is 4.79 Å². The number of carbonyl (C=O) groups is 2. The Balaban J connectivity index is 1.64. The van der Waals surface area contributed by atoms with Crippen molar-refractivity contribution in [3.8, 4) is 23.3 Å². The standard InChI is InChI=1S/C27H24N4O5S/c1-31(2)26(33)18-9-7-17(8-10-18)24(36-19-11-5-16(15-28)6-12-19)25(32)30-27-29-20-13-21(34-3)22(35-4)14-23(20)37-27/h5-14,24H,1-4H3,(H,29,30,32). The van der Waals surface area contributed by atoms with E-state index in [1.165, 1.54) is 16.2 Å². The van der Waals surface area contributed by atoms with E-state index in [9.17, 15) is 9.59 Å². The van der Waals surface area contributed by atoms with Gasteiger partial charge in [0.1, 0.15) is 5.75 Å². The van der Waals surface area contributed by atoms with Crippen molar-refractivity contribution in [2.45, 2.75) is 6.10 Å². The van der Waals surface area contributed by atoms with E-state index in [2.05, 4.69) is 16.4 Å². The Morgan fingerprint density at radius 2 is 1.65 bits per heavy atom. The van der Waals surface area contributed by atoms with Crippen LogP contribution in [0.4, 0.5) is 5.13 Å². The number of benzene rings is 3. The fraction of sp³-hybridized carbons (Fsp3) is 0.185. The average Bonchev–Trinajstić information content (AvgIpc) is 3.31. The number of amides is 2. The molecule has 9 nitrogen and oxygen atoms in total. The van der Waals surface area contributed by atoms with E-state index in [-0.39, 0.29) is 5.91 Å². The minimum absolute atomic E-state index is 0.152. The molecule has 0 aliphatic rings. The van der Waals surface area contributed by atoms with Gasteiger partial charge in [-0.2, -0.15) is 5.26 Å². The van der Waals surface area contributed by atoms with Crippen molar-refractivity contribution in [1.29, 1.82) is 5.26 Å². The molecule has 4 rings (SSSR count). The Kier molecular flexibility index (Phi) is 7.55. The van der Waals surface area contributed by atoms with Gasteiger partial charge in [0.2, 0.25) is 6.10 Å². The zero-order valence-electron chi connectivity index (χ0n) is 20.6. The Morgan fingerprint density at radius 3 is 2.24 bits per heavy atom. The highest BCUT2D eigenvalue weighted by atomic mass is 32.1. The van der Waals surface area contributed by atoms with Crippen LogP contribution in [0, 0.1) is 11.3 Å². The van der Waals surface area contributed by atoms with Gasteiger partial charge in [0, 0.05) is 37.4 Å². The van der Waals surface area contributed by atoms with Gasteiger partial charge in [0.05, 0.1) is 36.1 Å². The van der Waals surface area contributed by atoms with Gasteiger partial charge in [-0.25, -0.2) is 4.98 Å². The van der Waals surface area contributed by atoms with Gasteiger partial charge in [-0.15, -0.1) is 0 Å². The molecule has 1 N–H and O–H groups in total. The molecule has 4 aromatic rings. The molecule has 1 heterocycles. The highest BCUT2D eigenvalue weighted by molar-refractivity contribution is 7.22. The van der Waals surface area contributed by atoms with Crippen molar-refractivity contribution in [1.82, 2.24) is 9.88 Å². The minimum Gasteiger partial charge on any atom is -0.493 e. The van der Waals surface area contributed by atoms with Crippen molar-refractivity contribution in [2.24, 2.45) is 0 Å². The molecule has 1 aromatic heterocycles. The number of anilines is 1. The Bertz CT molecular complexity index is 1430. The van der Waals surface area contributed by atoms with E-state index in [4.69, 9.17) is 19.5 Å². The van der Waals surface area contributed by atoms with E-state index < -0.39 is 12.0 Å². The molecule has 1 unspecified atom stereocenters. The predicted molar refractivity (Wildman–Crippen MR) is 140 cm³/mol. The third kappa shape index (κ3) is 5.63. The molecular weight excluding hydrogens is 492 g/mol. The van der Waals surface area contributed by atoms with E-state index in [1.54, 1.807) is 89.0 Å². The molecule has 188 valence electrons. The summed E-state index contributed by atoms with van der Waals surface area (Å²) in [4.78, 5) is 31.7. The number of aromatic nitrogens is 1. The molecule has 37 heavy (non-hydrogen) atoms. The van der Waals surface area contributed by atoms with Crippen molar-refractivity contribution in [3.63, 3.8) is 0 Å². The number of ether oxygens (including phenoxy) is 3. The first-order valence-electron chi connectivity index (χ1n) is 11.1. The number of methoxy groups -OCH3 is 2. The number of hydrogen-bond acceptors (Lipinski definition) is 8. The second-order valence-electron chi connectivity index (χ2n) is 8.14. The van der Waals surface area contributed by atoms with Crippen molar-refractivity contribution in [3.05, 3.63) is 77.4 Å². The van der Waals surface area contributed by atoms with Crippen LogP contribution >= 0.6 is 11.3 Å². The van der Waals surface area contributed by atoms with Crippen LogP contribution in [0.3, 0.4) is 0 Å². The number of nitriles is 1. The zero-order valence-corrected chi connectivity index (χ0v) is 21.5. The van der Waals surface area contributed by atoms with Crippen LogP contribution in [0.1, 0.15) is 27.6 Å². The van der Waals surface area contributed by atoms with Crippen LogP contribution in [-0.4, -0.2) is 50.0 Å². The zero-order chi connectivity index (χ0) is 26.5. The Morgan fingerprint density at radius 1 is 1.00 bits per heavy atom. The van der Waals surface area contributed by atoms with Crippen LogP contribution in [0.25, 0.3) is 10.2 Å². The second-order valence-corrected chi connectivity index (χ2v) is 9.17. The molecule has 0 spiro atoms. The topological polar surface area (TPSA) is 114 Å². The van der Waals surface area contributed by atoms with Crippen LogP contribution in [0.5, 0.6) is 17.2 Å². The quantitative estimate of drug-likeness (QED) is 0.363. The summed E-state index contributed by atoms with van der Waals surface area (Å²) in [5.74, 6) is 0.903. The van der Waals surface area contributed by atoms with E-state index in [0.29, 0.717) is 44.6 Å². The van der Waals surface area contributed by atoms with Crippen molar-refractivity contribution >= 4 is 38.5 Å². The molecule has 0 bridgehead atoms. The van der Waals surface area contributed by atoms with Crippen LogP contribution < -0.4 is 19.5 Å². The molecule has 2 amide bonds. The fourth-order valence-corrected chi connectivity index (χ4v) is 4.43. The summed E-state index contributed by atoms with van der Waals surface area (Å²) >= 11 is 1.29. The molecule has 0 fully saturated rings. The van der Waals surface area contributed by atoms with Gasteiger partial charge < -0.3 is 19.1 Å². The second kappa shape index (κ2) is 11.0. The monoisotopic (exact) mass is 516 g/mol. The SMILES string of the molecule is COc1cc2nc(NC(=O)C(Oc3ccc(C#N)cc3)c3ccc(C(=O)N(C)C)cc3)sc2cc1OC. The number of hydrogen-bond donors (Lipinski definition) is 1. The van der Waals surface area contributed by atoms with Crippen molar-refractivity contribution in [2.75, 3.05) is 33.6 Å². The minimum atomic E-state index is -1.05. The van der Waals surface area contributed by atoms with Gasteiger partial charge in [-0.1, -0.05) is 23.5 Å². The van der Waals surface area contributed by atoms with Gasteiger partial charge in [0.15, 0.2) is 16.6 Å². The Hall–Kier alpha value is -4.62. The number of carbonyl (C=O) groups excluding carboxylic acids is 2. The molecular formula is C27H24N4O5S. The summed E-state index contributed by atoms with van der Waals surface area (Å²) in [6, 6.07) is 18.7. The van der Waals surface area contributed by atoms with E-state index in [1.807, 2.05) is 0 Å². The molecule has 0 saturated heterocycles. The molecule has 1 atom stereocenters. The van der Waals surface area contributed by atoms with Crippen LogP contribution in [0.2, 0.25) is 0 Å². The number of nitrogens with zero attached hydrogens (tertiary/aromatic N) is 3. The van der Waals surface area contributed by atoms with E-state index >= 15 is 0 Å².